The van der Waals surface area contributed by atoms with Crippen molar-refractivity contribution in [2.75, 3.05) is 13.1 Å². The molecule has 1 amide bonds. The lowest BCUT2D eigenvalue weighted by Gasteiger charge is -2.21. The number of carbonyl (C=O) groups excluding carboxylic acids is 1. The number of nitrogens with zero attached hydrogens (tertiary/aromatic N) is 4. The normalized spacial score (nSPS) is 17.8. The zero-order valence-corrected chi connectivity index (χ0v) is 10.0. The van der Waals surface area contributed by atoms with Crippen molar-refractivity contribution >= 4 is 17.5 Å². The van der Waals surface area contributed by atoms with Gasteiger partial charge in [-0.25, -0.2) is 0 Å². The van der Waals surface area contributed by atoms with Gasteiger partial charge in [-0.1, -0.05) is 0 Å². The number of rotatable bonds is 3. The second kappa shape index (κ2) is 4.82. The van der Waals surface area contributed by atoms with E-state index in [1.807, 2.05) is 11.8 Å². The lowest BCUT2D eigenvalue weighted by Crippen LogP contribution is -2.34. The van der Waals surface area contributed by atoms with Gasteiger partial charge in [0.05, 0.1) is 5.88 Å². The Morgan fingerprint density at radius 3 is 2.88 bits per heavy atom. The molecule has 1 aromatic rings. The van der Waals surface area contributed by atoms with Crippen LogP contribution in [0.25, 0.3) is 0 Å². The minimum atomic E-state index is -0.262. The molecule has 0 aliphatic carbocycles. The van der Waals surface area contributed by atoms with Crippen molar-refractivity contribution in [2.45, 2.75) is 31.7 Å². The molecule has 88 valence electrons. The van der Waals surface area contributed by atoms with Crippen molar-refractivity contribution in [3.8, 4) is 0 Å². The molecule has 2 rings (SSSR count). The highest BCUT2D eigenvalue weighted by Crippen LogP contribution is 2.17. The van der Waals surface area contributed by atoms with E-state index in [4.69, 9.17) is 11.6 Å². The predicted molar refractivity (Wildman–Crippen MR) is 60.1 cm³/mol. The summed E-state index contributed by atoms with van der Waals surface area (Å²) in [6.07, 6.45) is 3.77. The summed E-state index contributed by atoms with van der Waals surface area (Å²) < 4.78 is 1.74. The topological polar surface area (TPSA) is 51.0 Å². The molecule has 1 aliphatic rings. The molecule has 2 heterocycles. The number of aromatic nitrogens is 3. The molecule has 1 aliphatic heterocycles. The summed E-state index contributed by atoms with van der Waals surface area (Å²) in [5.41, 5.74) is 0. The second-order valence-electron chi connectivity index (χ2n) is 4.00. The van der Waals surface area contributed by atoms with Crippen molar-refractivity contribution in [3.63, 3.8) is 0 Å². The van der Waals surface area contributed by atoms with Gasteiger partial charge < -0.3 is 9.47 Å². The van der Waals surface area contributed by atoms with E-state index in [9.17, 15) is 4.79 Å². The molecule has 0 saturated carbocycles. The largest absolute Gasteiger partial charge is 0.341 e. The molecule has 1 atom stereocenters. The van der Waals surface area contributed by atoms with Crippen LogP contribution < -0.4 is 0 Å². The Bertz CT molecular complexity index is 373. The molecule has 0 aromatic carbocycles. The number of likely N-dealkylation sites (tertiary alicyclic amines) is 1. The van der Waals surface area contributed by atoms with Crippen molar-refractivity contribution in [1.29, 1.82) is 0 Å². The molecule has 16 heavy (non-hydrogen) atoms. The molecule has 5 nitrogen and oxygen atoms in total. The maximum absolute atomic E-state index is 12.1. The maximum Gasteiger partial charge on any atom is 0.245 e. The standard InChI is InChI=1S/C10H15ClN4O/c1-8(10(16)14-4-2-3-5-14)15-7-12-13-9(15)6-11/h7-8H,2-6H2,1H3. The third-order valence-corrected chi connectivity index (χ3v) is 3.20. The summed E-state index contributed by atoms with van der Waals surface area (Å²) in [6, 6.07) is -0.262. The van der Waals surface area contributed by atoms with Gasteiger partial charge in [0, 0.05) is 13.1 Å². The summed E-state index contributed by atoms with van der Waals surface area (Å²) in [5, 5.41) is 7.66. The maximum atomic E-state index is 12.1. The fourth-order valence-electron chi connectivity index (χ4n) is 2.01. The van der Waals surface area contributed by atoms with Gasteiger partial charge >= 0.3 is 0 Å². The van der Waals surface area contributed by atoms with Gasteiger partial charge in [0.2, 0.25) is 5.91 Å². The summed E-state index contributed by atoms with van der Waals surface area (Å²) in [7, 11) is 0. The Morgan fingerprint density at radius 1 is 1.56 bits per heavy atom. The van der Waals surface area contributed by atoms with E-state index in [0.717, 1.165) is 25.9 Å². The number of halogens is 1. The summed E-state index contributed by atoms with van der Waals surface area (Å²) in [6.45, 7) is 3.59. The number of carbonyl (C=O) groups is 1. The Labute approximate surface area is 99.4 Å². The van der Waals surface area contributed by atoms with Crippen molar-refractivity contribution in [2.24, 2.45) is 0 Å². The first-order valence-corrected chi connectivity index (χ1v) is 6.00. The zero-order chi connectivity index (χ0) is 11.5. The van der Waals surface area contributed by atoms with E-state index in [-0.39, 0.29) is 17.8 Å². The first-order valence-electron chi connectivity index (χ1n) is 5.47. The number of amides is 1. The highest BCUT2D eigenvalue weighted by Gasteiger charge is 2.25. The lowest BCUT2D eigenvalue weighted by atomic mass is 10.3. The van der Waals surface area contributed by atoms with Crippen LogP contribution >= 0.6 is 11.6 Å². The van der Waals surface area contributed by atoms with Gasteiger partial charge in [0.15, 0.2) is 0 Å². The quantitative estimate of drug-likeness (QED) is 0.749. The van der Waals surface area contributed by atoms with Crippen LogP contribution in [-0.4, -0.2) is 38.7 Å². The van der Waals surface area contributed by atoms with Gasteiger partial charge in [-0.3, -0.25) is 4.79 Å². The molecular weight excluding hydrogens is 228 g/mol. The molecule has 0 N–H and O–H groups in total. The second-order valence-corrected chi connectivity index (χ2v) is 4.26. The lowest BCUT2D eigenvalue weighted by molar-refractivity contribution is -0.133. The Balaban J connectivity index is 2.11. The first-order chi connectivity index (χ1) is 7.74. The van der Waals surface area contributed by atoms with Crippen LogP contribution in [0.3, 0.4) is 0 Å². The van der Waals surface area contributed by atoms with E-state index >= 15 is 0 Å². The predicted octanol–water partition coefficient (Wildman–Crippen LogP) is 1.20. The first kappa shape index (κ1) is 11.4. The molecule has 0 radical (unpaired) electrons. The Kier molecular flexibility index (Phi) is 3.43. The average molecular weight is 243 g/mol. The molecule has 0 bridgehead atoms. The fraction of sp³-hybridized carbons (Fsp3) is 0.700. The van der Waals surface area contributed by atoms with Crippen LogP contribution in [-0.2, 0) is 10.7 Å². The van der Waals surface area contributed by atoms with Crippen molar-refractivity contribution < 1.29 is 4.79 Å². The van der Waals surface area contributed by atoms with E-state index < -0.39 is 0 Å². The fourth-order valence-corrected chi connectivity index (χ4v) is 2.20. The molecule has 1 unspecified atom stereocenters. The van der Waals surface area contributed by atoms with Crippen LogP contribution in [0.5, 0.6) is 0 Å². The third-order valence-electron chi connectivity index (χ3n) is 2.96. The van der Waals surface area contributed by atoms with Crippen molar-refractivity contribution in [3.05, 3.63) is 12.2 Å². The summed E-state index contributed by atoms with van der Waals surface area (Å²) in [4.78, 5) is 14.0. The highest BCUT2D eigenvalue weighted by atomic mass is 35.5. The van der Waals surface area contributed by atoms with Crippen LogP contribution in [0.4, 0.5) is 0 Å². The van der Waals surface area contributed by atoms with E-state index in [2.05, 4.69) is 10.2 Å². The molecule has 1 fully saturated rings. The minimum absolute atomic E-state index is 0.128. The van der Waals surface area contributed by atoms with Gasteiger partial charge in [-0.05, 0) is 19.8 Å². The highest BCUT2D eigenvalue weighted by molar-refractivity contribution is 6.16. The van der Waals surface area contributed by atoms with E-state index in [1.54, 1.807) is 10.9 Å². The summed E-state index contributed by atoms with van der Waals surface area (Å²) >= 11 is 5.73. The van der Waals surface area contributed by atoms with Crippen molar-refractivity contribution in [1.82, 2.24) is 19.7 Å². The van der Waals surface area contributed by atoms with Gasteiger partial charge in [-0.2, -0.15) is 0 Å². The number of hydrogen-bond acceptors (Lipinski definition) is 3. The Hall–Kier alpha value is -1.10. The van der Waals surface area contributed by atoms with Crippen LogP contribution in [0.2, 0.25) is 0 Å². The Morgan fingerprint density at radius 2 is 2.25 bits per heavy atom. The smallest absolute Gasteiger partial charge is 0.245 e. The third kappa shape index (κ3) is 2.04. The monoisotopic (exact) mass is 242 g/mol. The van der Waals surface area contributed by atoms with Gasteiger partial charge in [0.1, 0.15) is 18.2 Å². The molecule has 1 aromatic heterocycles. The van der Waals surface area contributed by atoms with Crippen LogP contribution in [0, 0.1) is 0 Å². The number of alkyl halides is 1. The minimum Gasteiger partial charge on any atom is -0.341 e. The SMILES string of the molecule is CC(C(=O)N1CCCC1)n1cnnc1CCl. The average Bonchev–Trinajstić information content (AvgIpc) is 2.97. The van der Waals surface area contributed by atoms with Gasteiger partial charge in [-0.15, -0.1) is 21.8 Å². The van der Waals surface area contributed by atoms with Crippen LogP contribution in [0.15, 0.2) is 6.33 Å². The molecule has 0 spiro atoms. The molecule has 1 saturated heterocycles. The van der Waals surface area contributed by atoms with E-state index in [1.165, 1.54) is 0 Å². The molecular formula is C10H15ClN4O. The van der Waals surface area contributed by atoms with Gasteiger partial charge in [0.25, 0.3) is 0 Å². The molecule has 6 heteroatoms. The van der Waals surface area contributed by atoms with E-state index in [0.29, 0.717) is 5.82 Å². The zero-order valence-electron chi connectivity index (χ0n) is 9.27. The van der Waals surface area contributed by atoms with Crippen LogP contribution in [0.1, 0.15) is 31.6 Å². The summed E-state index contributed by atoms with van der Waals surface area (Å²) in [5.74, 6) is 1.04. The number of hydrogen-bond donors (Lipinski definition) is 0.